The molecule has 2 N–H and O–H groups in total. The van der Waals surface area contributed by atoms with Crippen LogP contribution in [-0.4, -0.2) is 17.2 Å². The van der Waals surface area contributed by atoms with Gasteiger partial charge in [0.2, 0.25) is 0 Å². The molecule has 0 saturated heterocycles. The maximum Gasteiger partial charge on any atom is 0.489 e. The van der Waals surface area contributed by atoms with E-state index in [2.05, 4.69) is 15.9 Å². The Morgan fingerprint density at radius 2 is 1.78 bits per heavy atom. The second-order valence-corrected chi connectivity index (χ2v) is 4.69. The van der Waals surface area contributed by atoms with Crippen molar-refractivity contribution in [3.63, 3.8) is 0 Å². The fourth-order valence-electron chi connectivity index (χ4n) is 1.55. The van der Waals surface area contributed by atoms with Gasteiger partial charge in [0.25, 0.3) is 0 Å². The molecule has 0 aromatic heterocycles. The van der Waals surface area contributed by atoms with E-state index >= 15 is 0 Å². The van der Waals surface area contributed by atoms with E-state index in [0.717, 1.165) is 5.56 Å². The van der Waals surface area contributed by atoms with Crippen LogP contribution < -0.4 is 10.2 Å². The molecule has 0 radical (unpaired) electrons. The van der Waals surface area contributed by atoms with E-state index in [1.165, 1.54) is 0 Å². The van der Waals surface area contributed by atoms with Crippen molar-refractivity contribution in [1.82, 2.24) is 0 Å². The molecule has 2 aromatic carbocycles. The van der Waals surface area contributed by atoms with Crippen LogP contribution in [0.25, 0.3) is 0 Å². The van der Waals surface area contributed by atoms with Gasteiger partial charge in [-0.05, 0) is 23.2 Å². The Bertz CT molecular complexity index is 517. The Morgan fingerprint density at radius 1 is 1.06 bits per heavy atom. The summed E-state index contributed by atoms with van der Waals surface area (Å²) < 4.78 is 6.23. The van der Waals surface area contributed by atoms with E-state index in [1.807, 2.05) is 30.3 Å². The zero-order valence-corrected chi connectivity index (χ0v) is 11.2. The Balaban J connectivity index is 2.05. The summed E-state index contributed by atoms with van der Waals surface area (Å²) in [6.45, 7) is 0.480. The Hall–Kier alpha value is -1.30. The van der Waals surface area contributed by atoms with Crippen LogP contribution in [0.4, 0.5) is 0 Å². The Labute approximate surface area is 114 Å². The molecular weight excluding hydrogens is 295 g/mol. The summed E-state index contributed by atoms with van der Waals surface area (Å²) >= 11 is 3.27. The van der Waals surface area contributed by atoms with Crippen LogP contribution >= 0.6 is 15.9 Å². The van der Waals surface area contributed by atoms with E-state index in [-0.39, 0.29) is 0 Å². The first-order valence-electron chi connectivity index (χ1n) is 5.49. The quantitative estimate of drug-likeness (QED) is 0.846. The lowest BCUT2D eigenvalue weighted by molar-refractivity contribution is 0.306. The minimum atomic E-state index is -1.48. The molecule has 0 saturated carbocycles. The SMILES string of the molecule is OB(O)c1ccc(OCc2ccccc2)cc1Br. The zero-order chi connectivity index (χ0) is 13.0. The molecule has 3 nitrogen and oxygen atoms in total. The van der Waals surface area contributed by atoms with E-state index in [9.17, 15) is 0 Å². The maximum absolute atomic E-state index is 9.09. The molecular formula is C13H12BBrO3. The molecule has 0 atom stereocenters. The molecule has 0 aliphatic heterocycles. The van der Waals surface area contributed by atoms with Gasteiger partial charge in [0.1, 0.15) is 12.4 Å². The van der Waals surface area contributed by atoms with Crippen LogP contribution in [0, 0.1) is 0 Å². The Morgan fingerprint density at radius 3 is 2.39 bits per heavy atom. The minimum Gasteiger partial charge on any atom is -0.489 e. The topological polar surface area (TPSA) is 49.7 Å². The number of ether oxygens (including phenoxy) is 1. The molecule has 2 aromatic rings. The average Bonchev–Trinajstić information content (AvgIpc) is 2.37. The van der Waals surface area contributed by atoms with E-state index in [4.69, 9.17) is 14.8 Å². The number of rotatable bonds is 4. The predicted octanol–water partition coefficient (Wildman–Crippen LogP) is 1.71. The summed E-state index contributed by atoms with van der Waals surface area (Å²) in [5, 5.41) is 18.2. The molecule has 5 heteroatoms. The third-order valence-electron chi connectivity index (χ3n) is 2.50. The van der Waals surface area contributed by atoms with Crippen LogP contribution in [0.15, 0.2) is 53.0 Å². The molecule has 0 unspecified atom stereocenters. The van der Waals surface area contributed by atoms with Gasteiger partial charge >= 0.3 is 7.12 Å². The first-order chi connectivity index (χ1) is 8.66. The minimum absolute atomic E-state index is 0.419. The molecule has 0 amide bonds. The molecule has 0 bridgehead atoms. The van der Waals surface area contributed by atoms with Crippen molar-refractivity contribution in [3.05, 3.63) is 58.6 Å². The third kappa shape index (κ3) is 3.35. The van der Waals surface area contributed by atoms with Gasteiger partial charge < -0.3 is 14.8 Å². The smallest absolute Gasteiger partial charge is 0.489 e. The van der Waals surface area contributed by atoms with Crippen molar-refractivity contribution in [2.24, 2.45) is 0 Å². The summed E-state index contributed by atoms with van der Waals surface area (Å²) in [6.07, 6.45) is 0. The first kappa shape index (κ1) is 13.1. The molecule has 0 aliphatic rings. The highest BCUT2D eigenvalue weighted by Crippen LogP contribution is 2.18. The lowest BCUT2D eigenvalue weighted by Crippen LogP contribution is -2.30. The van der Waals surface area contributed by atoms with Gasteiger partial charge in [-0.25, -0.2) is 0 Å². The van der Waals surface area contributed by atoms with Crippen molar-refractivity contribution >= 4 is 28.5 Å². The third-order valence-corrected chi connectivity index (χ3v) is 3.19. The van der Waals surface area contributed by atoms with Gasteiger partial charge in [0.15, 0.2) is 0 Å². The van der Waals surface area contributed by atoms with Gasteiger partial charge in [0, 0.05) is 4.47 Å². The molecule has 0 fully saturated rings. The van der Waals surface area contributed by atoms with Crippen LogP contribution in [0.1, 0.15) is 5.56 Å². The van der Waals surface area contributed by atoms with Crippen molar-refractivity contribution in [2.75, 3.05) is 0 Å². The standard InChI is InChI=1S/C13H12BBrO3/c15-13-8-11(6-7-12(13)14(16)17)18-9-10-4-2-1-3-5-10/h1-8,16-17H,9H2. The van der Waals surface area contributed by atoms with Crippen molar-refractivity contribution < 1.29 is 14.8 Å². The summed E-state index contributed by atoms with van der Waals surface area (Å²) in [4.78, 5) is 0. The molecule has 92 valence electrons. The van der Waals surface area contributed by atoms with Gasteiger partial charge in [-0.2, -0.15) is 0 Å². The first-order valence-corrected chi connectivity index (χ1v) is 6.28. The number of benzene rings is 2. The summed E-state index contributed by atoms with van der Waals surface area (Å²) in [7, 11) is -1.48. The second kappa shape index (κ2) is 6.04. The number of hydrogen-bond donors (Lipinski definition) is 2. The molecule has 18 heavy (non-hydrogen) atoms. The fourth-order valence-corrected chi connectivity index (χ4v) is 2.11. The van der Waals surface area contributed by atoms with Gasteiger partial charge in [-0.3, -0.25) is 0 Å². The summed E-state index contributed by atoms with van der Waals surface area (Å²) in [6, 6.07) is 14.9. The van der Waals surface area contributed by atoms with Crippen molar-refractivity contribution in [1.29, 1.82) is 0 Å². The molecule has 0 spiro atoms. The lowest BCUT2D eigenvalue weighted by Gasteiger charge is -2.09. The van der Waals surface area contributed by atoms with Crippen LogP contribution in [0.3, 0.4) is 0 Å². The highest BCUT2D eigenvalue weighted by Gasteiger charge is 2.14. The van der Waals surface area contributed by atoms with Crippen molar-refractivity contribution in [2.45, 2.75) is 6.61 Å². The van der Waals surface area contributed by atoms with Crippen LogP contribution in [0.2, 0.25) is 0 Å². The number of halogens is 1. The lowest BCUT2D eigenvalue weighted by atomic mass is 9.80. The van der Waals surface area contributed by atoms with E-state index < -0.39 is 7.12 Å². The van der Waals surface area contributed by atoms with Crippen LogP contribution in [-0.2, 0) is 6.61 Å². The van der Waals surface area contributed by atoms with Gasteiger partial charge in [0.05, 0.1) is 0 Å². The Kier molecular flexibility index (Phi) is 4.41. The fraction of sp³-hybridized carbons (Fsp3) is 0.0769. The highest BCUT2D eigenvalue weighted by molar-refractivity contribution is 9.10. The second-order valence-electron chi connectivity index (χ2n) is 3.83. The van der Waals surface area contributed by atoms with Gasteiger partial charge in [-0.1, -0.05) is 52.3 Å². The highest BCUT2D eigenvalue weighted by atomic mass is 79.9. The van der Waals surface area contributed by atoms with Crippen LogP contribution in [0.5, 0.6) is 5.75 Å². The molecule has 2 rings (SSSR count). The van der Waals surface area contributed by atoms with Crippen molar-refractivity contribution in [3.8, 4) is 5.75 Å². The molecule has 0 aliphatic carbocycles. The average molecular weight is 307 g/mol. The normalized spacial score (nSPS) is 10.2. The number of hydrogen-bond acceptors (Lipinski definition) is 3. The maximum atomic E-state index is 9.09. The van der Waals surface area contributed by atoms with E-state index in [0.29, 0.717) is 22.3 Å². The van der Waals surface area contributed by atoms with Gasteiger partial charge in [-0.15, -0.1) is 0 Å². The summed E-state index contributed by atoms with van der Waals surface area (Å²) in [5.41, 5.74) is 1.50. The predicted molar refractivity (Wildman–Crippen MR) is 74.7 cm³/mol. The zero-order valence-electron chi connectivity index (χ0n) is 9.58. The molecule has 0 heterocycles. The largest absolute Gasteiger partial charge is 0.489 e. The summed E-state index contributed by atoms with van der Waals surface area (Å²) in [5.74, 6) is 0.676. The monoisotopic (exact) mass is 306 g/mol. The van der Waals surface area contributed by atoms with E-state index in [1.54, 1.807) is 18.2 Å².